The van der Waals surface area contributed by atoms with E-state index in [-0.39, 0.29) is 5.56 Å². The van der Waals surface area contributed by atoms with Crippen LogP contribution in [0.5, 0.6) is 0 Å². The Bertz CT molecular complexity index is 805. The minimum atomic E-state index is 0.0470. The quantitative estimate of drug-likeness (QED) is 0.802. The molecule has 26 heavy (non-hydrogen) atoms. The van der Waals surface area contributed by atoms with Gasteiger partial charge in [-0.05, 0) is 38.2 Å². The van der Waals surface area contributed by atoms with E-state index in [1.165, 1.54) is 19.2 Å². The fourth-order valence-corrected chi connectivity index (χ4v) is 3.86. The standard InChI is InChI=1S/C19H27N5O2/c1-15-18(20-14-26-15)13-23-8-6-22(7-9-23)10-11-24-19(25)12-16-4-2-3-5-17(16)21-24/h12,14H,2-11,13H2,1H3. The molecule has 0 bridgehead atoms. The van der Waals surface area contributed by atoms with Gasteiger partial charge in [-0.25, -0.2) is 9.67 Å². The number of rotatable bonds is 5. The summed E-state index contributed by atoms with van der Waals surface area (Å²) in [5.41, 5.74) is 3.37. The number of hydrogen-bond acceptors (Lipinski definition) is 6. The van der Waals surface area contributed by atoms with Gasteiger partial charge in [-0.1, -0.05) is 0 Å². The summed E-state index contributed by atoms with van der Waals surface area (Å²) in [4.78, 5) is 21.4. The molecule has 0 amide bonds. The van der Waals surface area contributed by atoms with Gasteiger partial charge in [0, 0.05) is 45.3 Å². The molecule has 7 heteroatoms. The van der Waals surface area contributed by atoms with Crippen molar-refractivity contribution < 1.29 is 4.42 Å². The zero-order valence-electron chi connectivity index (χ0n) is 15.5. The average Bonchev–Trinajstić information content (AvgIpc) is 3.06. The zero-order chi connectivity index (χ0) is 17.9. The summed E-state index contributed by atoms with van der Waals surface area (Å²) in [5.74, 6) is 0.908. The number of aromatic nitrogens is 3. The van der Waals surface area contributed by atoms with Gasteiger partial charge in [0.05, 0.1) is 17.9 Å². The van der Waals surface area contributed by atoms with Crippen LogP contribution in [-0.4, -0.2) is 57.3 Å². The molecule has 7 nitrogen and oxygen atoms in total. The highest BCUT2D eigenvalue weighted by molar-refractivity contribution is 5.20. The maximum absolute atomic E-state index is 12.3. The summed E-state index contributed by atoms with van der Waals surface area (Å²) in [6.07, 6.45) is 5.90. The zero-order valence-corrected chi connectivity index (χ0v) is 15.5. The molecule has 2 aliphatic rings. The molecule has 0 radical (unpaired) electrons. The highest BCUT2D eigenvalue weighted by atomic mass is 16.3. The molecule has 0 unspecified atom stereocenters. The van der Waals surface area contributed by atoms with Crippen LogP contribution in [0.25, 0.3) is 0 Å². The van der Waals surface area contributed by atoms with Crippen LogP contribution in [0.2, 0.25) is 0 Å². The van der Waals surface area contributed by atoms with Gasteiger partial charge in [-0.2, -0.15) is 5.10 Å². The minimum absolute atomic E-state index is 0.0470. The smallest absolute Gasteiger partial charge is 0.267 e. The third-order valence-corrected chi connectivity index (χ3v) is 5.58. The van der Waals surface area contributed by atoms with Crippen molar-refractivity contribution in [3.63, 3.8) is 0 Å². The number of aryl methyl sites for hydroxylation is 3. The fraction of sp³-hybridized carbons (Fsp3) is 0.632. The summed E-state index contributed by atoms with van der Waals surface area (Å²) in [5, 5.41) is 4.62. The second kappa shape index (κ2) is 7.72. The summed E-state index contributed by atoms with van der Waals surface area (Å²) >= 11 is 0. The summed E-state index contributed by atoms with van der Waals surface area (Å²) in [6, 6.07) is 1.81. The molecule has 1 fully saturated rings. The molecular formula is C19H27N5O2. The van der Waals surface area contributed by atoms with Crippen LogP contribution in [-0.2, 0) is 25.9 Å². The van der Waals surface area contributed by atoms with Crippen LogP contribution in [0, 0.1) is 6.92 Å². The molecule has 2 aromatic rings. The first-order valence-corrected chi connectivity index (χ1v) is 9.62. The SMILES string of the molecule is Cc1ocnc1CN1CCN(CCn2nc3c(cc2=O)CCCC3)CC1. The van der Waals surface area contributed by atoms with Crippen molar-refractivity contribution in [2.75, 3.05) is 32.7 Å². The maximum Gasteiger partial charge on any atom is 0.267 e. The molecule has 3 heterocycles. The molecule has 0 aromatic carbocycles. The Hall–Kier alpha value is -1.99. The van der Waals surface area contributed by atoms with Crippen LogP contribution in [0.15, 0.2) is 21.7 Å². The van der Waals surface area contributed by atoms with E-state index >= 15 is 0 Å². The molecule has 0 N–H and O–H groups in total. The second-order valence-electron chi connectivity index (χ2n) is 7.36. The predicted molar refractivity (Wildman–Crippen MR) is 98.1 cm³/mol. The number of oxazole rings is 1. The lowest BCUT2D eigenvalue weighted by molar-refractivity contribution is 0.121. The third kappa shape index (κ3) is 3.88. The van der Waals surface area contributed by atoms with Gasteiger partial charge in [0.1, 0.15) is 5.76 Å². The first-order chi connectivity index (χ1) is 12.7. The highest BCUT2D eigenvalue weighted by Crippen LogP contribution is 2.17. The normalized spacial score (nSPS) is 18.8. The van der Waals surface area contributed by atoms with Crippen LogP contribution in [0.4, 0.5) is 0 Å². The second-order valence-corrected chi connectivity index (χ2v) is 7.36. The molecule has 140 valence electrons. The van der Waals surface area contributed by atoms with Crippen LogP contribution < -0.4 is 5.56 Å². The number of hydrogen-bond donors (Lipinski definition) is 0. The largest absolute Gasteiger partial charge is 0.448 e. The van der Waals surface area contributed by atoms with E-state index in [4.69, 9.17) is 4.42 Å². The van der Waals surface area contributed by atoms with Gasteiger partial charge in [0.2, 0.25) is 0 Å². The lowest BCUT2D eigenvalue weighted by atomic mass is 9.97. The Kier molecular flexibility index (Phi) is 5.17. The monoisotopic (exact) mass is 357 g/mol. The van der Waals surface area contributed by atoms with Crippen molar-refractivity contribution in [3.05, 3.63) is 45.5 Å². The fourth-order valence-electron chi connectivity index (χ4n) is 3.86. The summed E-state index contributed by atoms with van der Waals surface area (Å²) in [6.45, 7) is 8.41. The van der Waals surface area contributed by atoms with E-state index in [1.54, 1.807) is 10.7 Å². The van der Waals surface area contributed by atoms with E-state index in [0.29, 0.717) is 6.54 Å². The Labute approximate surface area is 153 Å². The van der Waals surface area contributed by atoms with Crippen molar-refractivity contribution >= 4 is 0 Å². The molecule has 1 aliphatic carbocycles. The molecule has 1 saturated heterocycles. The van der Waals surface area contributed by atoms with Gasteiger partial charge in [0.15, 0.2) is 6.39 Å². The van der Waals surface area contributed by atoms with Crippen LogP contribution in [0.3, 0.4) is 0 Å². The maximum atomic E-state index is 12.3. The first kappa shape index (κ1) is 17.4. The van der Waals surface area contributed by atoms with Crippen molar-refractivity contribution in [2.24, 2.45) is 0 Å². The van der Waals surface area contributed by atoms with Crippen LogP contribution >= 0.6 is 0 Å². The first-order valence-electron chi connectivity index (χ1n) is 9.62. The van der Waals surface area contributed by atoms with E-state index in [2.05, 4.69) is 19.9 Å². The van der Waals surface area contributed by atoms with Gasteiger partial charge >= 0.3 is 0 Å². The van der Waals surface area contributed by atoms with Crippen LogP contribution in [0.1, 0.15) is 35.6 Å². The Morgan fingerprint density at radius 1 is 1.08 bits per heavy atom. The molecule has 0 saturated carbocycles. The lowest BCUT2D eigenvalue weighted by Gasteiger charge is -2.34. The van der Waals surface area contributed by atoms with E-state index in [9.17, 15) is 4.79 Å². The molecule has 4 rings (SSSR count). The van der Waals surface area contributed by atoms with E-state index in [1.807, 2.05) is 6.92 Å². The van der Waals surface area contributed by atoms with Crippen molar-refractivity contribution in [1.82, 2.24) is 24.6 Å². The minimum Gasteiger partial charge on any atom is -0.448 e. The number of fused-ring (bicyclic) bond motifs is 1. The van der Waals surface area contributed by atoms with Gasteiger partial charge < -0.3 is 4.42 Å². The molecular weight excluding hydrogens is 330 g/mol. The summed E-state index contributed by atoms with van der Waals surface area (Å²) in [7, 11) is 0. The van der Waals surface area contributed by atoms with E-state index in [0.717, 1.165) is 74.8 Å². The van der Waals surface area contributed by atoms with Gasteiger partial charge in [-0.15, -0.1) is 0 Å². The molecule has 1 aliphatic heterocycles. The van der Waals surface area contributed by atoms with Crippen molar-refractivity contribution in [3.8, 4) is 0 Å². The van der Waals surface area contributed by atoms with Crippen molar-refractivity contribution in [2.45, 2.75) is 45.7 Å². The third-order valence-electron chi connectivity index (χ3n) is 5.58. The lowest BCUT2D eigenvalue weighted by Crippen LogP contribution is -2.47. The Balaban J connectivity index is 1.29. The van der Waals surface area contributed by atoms with Gasteiger partial charge in [0.25, 0.3) is 5.56 Å². The Morgan fingerprint density at radius 3 is 2.62 bits per heavy atom. The topological polar surface area (TPSA) is 67.4 Å². The summed E-state index contributed by atoms with van der Waals surface area (Å²) < 4.78 is 6.94. The van der Waals surface area contributed by atoms with E-state index < -0.39 is 0 Å². The number of nitrogens with zero attached hydrogens (tertiary/aromatic N) is 5. The highest BCUT2D eigenvalue weighted by Gasteiger charge is 2.19. The number of piperazine rings is 1. The Morgan fingerprint density at radius 2 is 1.85 bits per heavy atom. The predicted octanol–water partition coefficient (Wildman–Crippen LogP) is 1.24. The molecule has 2 aromatic heterocycles. The molecule has 0 atom stereocenters. The average molecular weight is 357 g/mol. The van der Waals surface area contributed by atoms with Crippen molar-refractivity contribution in [1.29, 1.82) is 0 Å². The van der Waals surface area contributed by atoms with Gasteiger partial charge in [-0.3, -0.25) is 14.6 Å². The molecule has 0 spiro atoms.